The van der Waals surface area contributed by atoms with Crippen molar-refractivity contribution >= 4 is 18.0 Å². The Morgan fingerprint density at radius 2 is 1.70 bits per heavy atom. The Bertz CT molecular complexity index is 700. The standard InChI is InChI=1S/C19H28N2O6/c1-10-7-13(22)8-11(2)14(10)9-15(20)16(23)21-12(3)17(24)26-18(25)27-19(4,5)6/h7-8,12,15,22H,9,20H2,1-6H3,(H,21,23)/t12-,15?/m1/s1. The number of carbonyl (C=O) groups is 3. The van der Waals surface area contributed by atoms with Crippen LogP contribution in [0.3, 0.4) is 0 Å². The summed E-state index contributed by atoms with van der Waals surface area (Å²) >= 11 is 0. The van der Waals surface area contributed by atoms with Crippen molar-refractivity contribution in [2.45, 2.75) is 65.6 Å². The van der Waals surface area contributed by atoms with E-state index >= 15 is 0 Å². The summed E-state index contributed by atoms with van der Waals surface area (Å²) in [5.74, 6) is -1.36. The van der Waals surface area contributed by atoms with Gasteiger partial charge in [-0.15, -0.1) is 0 Å². The Morgan fingerprint density at radius 3 is 2.19 bits per heavy atom. The fourth-order valence-corrected chi connectivity index (χ4v) is 2.43. The molecule has 1 amide bonds. The Labute approximate surface area is 159 Å². The molecule has 0 aromatic heterocycles. The lowest BCUT2D eigenvalue weighted by Gasteiger charge is -2.20. The van der Waals surface area contributed by atoms with Gasteiger partial charge in [0.1, 0.15) is 17.4 Å². The lowest BCUT2D eigenvalue weighted by molar-refractivity contribution is -0.145. The van der Waals surface area contributed by atoms with Gasteiger partial charge in [0.15, 0.2) is 0 Å². The van der Waals surface area contributed by atoms with E-state index in [4.69, 9.17) is 10.5 Å². The number of ether oxygens (including phenoxy) is 2. The number of rotatable bonds is 5. The monoisotopic (exact) mass is 380 g/mol. The normalized spacial score (nSPS) is 13.4. The molecule has 0 fully saturated rings. The first kappa shape index (κ1) is 22.4. The molecule has 8 nitrogen and oxygen atoms in total. The predicted octanol–water partition coefficient (Wildman–Crippen LogP) is 1.86. The van der Waals surface area contributed by atoms with E-state index in [0.29, 0.717) is 0 Å². The van der Waals surface area contributed by atoms with Gasteiger partial charge in [0.2, 0.25) is 5.91 Å². The summed E-state index contributed by atoms with van der Waals surface area (Å²) in [6.07, 6.45) is -0.898. The number of aryl methyl sites for hydroxylation is 2. The molecule has 1 rings (SSSR count). The molecule has 0 bridgehead atoms. The maximum absolute atomic E-state index is 12.3. The van der Waals surface area contributed by atoms with Crippen molar-refractivity contribution in [2.75, 3.05) is 0 Å². The van der Waals surface area contributed by atoms with Gasteiger partial charge in [-0.1, -0.05) is 0 Å². The molecule has 0 radical (unpaired) electrons. The van der Waals surface area contributed by atoms with E-state index in [2.05, 4.69) is 10.1 Å². The smallest absolute Gasteiger partial charge is 0.508 e. The van der Waals surface area contributed by atoms with Gasteiger partial charge in [0.05, 0.1) is 6.04 Å². The first-order valence-corrected chi connectivity index (χ1v) is 8.60. The molecule has 0 saturated heterocycles. The third-order valence-electron chi connectivity index (χ3n) is 3.73. The molecule has 0 saturated carbocycles. The molecule has 0 aliphatic carbocycles. The number of phenolic OH excluding ortho intramolecular Hbond substituents is 1. The first-order chi connectivity index (χ1) is 12.3. The van der Waals surface area contributed by atoms with Crippen molar-refractivity contribution < 1.29 is 29.0 Å². The van der Waals surface area contributed by atoms with Crippen LogP contribution in [-0.4, -0.2) is 40.8 Å². The summed E-state index contributed by atoms with van der Waals surface area (Å²) in [5.41, 5.74) is 7.61. The Balaban J connectivity index is 2.64. The van der Waals surface area contributed by atoms with Crippen molar-refractivity contribution in [1.29, 1.82) is 0 Å². The van der Waals surface area contributed by atoms with Gasteiger partial charge in [-0.25, -0.2) is 9.59 Å². The van der Waals surface area contributed by atoms with Crippen LogP contribution < -0.4 is 11.1 Å². The quantitative estimate of drug-likeness (QED) is 0.525. The number of amides is 1. The van der Waals surface area contributed by atoms with Crippen LogP contribution in [0.4, 0.5) is 4.79 Å². The van der Waals surface area contributed by atoms with Crippen LogP contribution >= 0.6 is 0 Å². The number of aromatic hydroxyl groups is 1. The SMILES string of the molecule is Cc1cc(O)cc(C)c1CC(N)C(=O)N[C@H](C)C(=O)OC(=O)OC(C)(C)C. The molecule has 1 unspecified atom stereocenters. The molecule has 4 N–H and O–H groups in total. The highest BCUT2D eigenvalue weighted by Crippen LogP contribution is 2.21. The number of phenols is 1. The highest BCUT2D eigenvalue weighted by Gasteiger charge is 2.26. The number of hydrogen-bond acceptors (Lipinski definition) is 7. The third kappa shape index (κ3) is 7.26. The minimum atomic E-state index is -1.13. The number of nitrogens with one attached hydrogen (secondary N) is 1. The fraction of sp³-hybridized carbons (Fsp3) is 0.526. The maximum atomic E-state index is 12.3. The highest BCUT2D eigenvalue weighted by atomic mass is 16.7. The number of nitrogens with two attached hydrogens (primary N) is 1. The van der Waals surface area contributed by atoms with Crippen LogP contribution in [-0.2, 0) is 25.5 Å². The zero-order valence-electron chi connectivity index (χ0n) is 16.6. The largest absolute Gasteiger partial charge is 0.516 e. The molecule has 8 heteroatoms. The minimum Gasteiger partial charge on any atom is -0.508 e. The van der Waals surface area contributed by atoms with Gasteiger partial charge >= 0.3 is 12.1 Å². The summed E-state index contributed by atoms with van der Waals surface area (Å²) in [5, 5.41) is 12.0. The Morgan fingerprint density at radius 1 is 1.19 bits per heavy atom. The fourth-order valence-electron chi connectivity index (χ4n) is 2.43. The van der Waals surface area contributed by atoms with Crippen LogP contribution in [0, 0.1) is 13.8 Å². The number of carbonyl (C=O) groups excluding carboxylic acids is 3. The van der Waals surface area contributed by atoms with Crippen molar-refractivity contribution in [3.05, 3.63) is 28.8 Å². The van der Waals surface area contributed by atoms with Crippen molar-refractivity contribution in [3.8, 4) is 5.75 Å². The van der Waals surface area contributed by atoms with Gasteiger partial charge < -0.3 is 25.6 Å². The summed E-state index contributed by atoms with van der Waals surface area (Å²) in [6, 6.07) is 1.20. The molecule has 0 spiro atoms. The lowest BCUT2D eigenvalue weighted by Crippen LogP contribution is -2.49. The predicted molar refractivity (Wildman–Crippen MR) is 99.2 cm³/mol. The van der Waals surface area contributed by atoms with E-state index in [0.717, 1.165) is 16.7 Å². The average Bonchev–Trinajstić information content (AvgIpc) is 2.48. The van der Waals surface area contributed by atoms with Gasteiger partial charge in [-0.3, -0.25) is 4.79 Å². The molecular weight excluding hydrogens is 352 g/mol. The third-order valence-corrected chi connectivity index (χ3v) is 3.73. The van der Waals surface area contributed by atoms with Gasteiger partial charge in [-0.2, -0.15) is 0 Å². The molecule has 27 heavy (non-hydrogen) atoms. The van der Waals surface area contributed by atoms with Crippen LogP contribution in [0.15, 0.2) is 12.1 Å². The average molecular weight is 380 g/mol. The summed E-state index contributed by atoms with van der Waals surface area (Å²) < 4.78 is 9.44. The molecule has 2 atom stereocenters. The van der Waals surface area contributed by atoms with Crippen molar-refractivity contribution in [1.82, 2.24) is 5.32 Å². The van der Waals surface area contributed by atoms with Crippen molar-refractivity contribution in [2.24, 2.45) is 5.73 Å². The van der Waals surface area contributed by atoms with Crippen LogP contribution in [0.2, 0.25) is 0 Å². The van der Waals surface area contributed by atoms with E-state index in [9.17, 15) is 19.5 Å². The van der Waals surface area contributed by atoms with Crippen molar-refractivity contribution in [3.63, 3.8) is 0 Å². The second-order valence-corrected chi connectivity index (χ2v) is 7.48. The zero-order chi connectivity index (χ0) is 20.9. The van der Waals surface area contributed by atoms with Crippen LogP contribution in [0.25, 0.3) is 0 Å². The molecule has 1 aromatic rings. The summed E-state index contributed by atoms with van der Waals surface area (Å²) in [7, 11) is 0. The molecular formula is C19H28N2O6. The highest BCUT2D eigenvalue weighted by molar-refractivity contribution is 5.90. The van der Waals surface area contributed by atoms with Gasteiger partial charge in [0.25, 0.3) is 0 Å². The summed E-state index contributed by atoms with van der Waals surface area (Å²) in [4.78, 5) is 35.7. The number of esters is 1. The molecule has 0 aliphatic heterocycles. The molecule has 0 aliphatic rings. The van der Waals surface area contributed by atoms with Crippen LogP contribution in [0.5, 0.6) is 5.75 Å². The van der Waals surface area contributed by atoms with Crippen LogP contribution in [0.1, 0.15) is 44.4 Å². The molecule has 0 heterocycles. The minimum absolute atomic E-state index is 0.144. The van der Waals surface area contributed by atoms with E-state index in [1.165, 1.54) is 6.92 Å². The second-order valence-electron chi connectivity index (χ2n) is 7.48. The van der Waals surface area contributed by atoms with E-state index in [1.54, 1.807) is 32.9 Å². The van der Waals surface area contributed by atoms with E-state index in [-0.39, 0.29) is 12.2 Å². The maximum Gasteiger partial charge on any atom is 0.516 e. The molecule has 150 valence electrons. The molecule has 1 aromatic carbocycles. The lowest BCUT2D eigenvalue weighted by atomic mass is 9.96. The van der Waals surface area contributed by atoms with E-state index < -0.39 is 35.7 Å². The number of hydrogen-bond donors (Lipinski definition) is 3. The van der Waals surface area contributed by atoms with Gasteiger partial charge in [0, 0.05) is 0 Å². The Hall–Kier alpha value is -2.61. The summed E-state index contributed by atoms with van der Waals surface area (Å²) in [6.45, 7) is 9.91. The second kappa shape index (κ2) is 8.85. The first-order valence-electron chi connectivity index (χ1n) is 8.60. The number of benzene rings is 1. The Kier molecular flexibility index (Phi) is 7.36. The van der Waals surface area contributed by atoms with E-state index in [1.807, 2.05) is 13.8 Å². The zero-order valence-corrected chi connectivity index (χ0v) is 16.6. The topological polar surface area (TPSA) is 128 Å². The van der Waals surface area contributed by atoms with Gasteiger partial charge in [-0.05, 0) is 76.8 Å².